The Kier molecular flexibility index (Phi) is 8.77. The number of benzene rings is 2. The number of allylic oxidation sites excluding steroid dienone is 2. The van der Waals surface area contributed by atoms with Crippen molar-refractivity contribution in [2.45, 2.75) is 26.3 Å². The van der Waals surface area contributed by atoms with Crippen molar-refractivity contribution in [2.24, 2.45) is 0 Å². The topological polar surface area (TPSA) is 100 Å². The third-order valence-electron chi connectivity index (χ3n) is 5.26. The van der Waals surface area contributed by atoms with Crippen LogP contribution in [0.25, 0.3) is 0 Å². The SMILES string of the molecule is CCOc1ccccc1C1C(C#N)=C(SCC(=O)NCc2ccccc2)NC(C)=C1C(=O)OC. The third kappa shape index (κ3) is 5.80. The maximum atomic E-state index is 12.7. The molecule has 0 aliphatic carbocycles. The smallest absolute Gasteiger partial charge is 0.336 e. The number of esters is 1. The van der Waals surface area contributed by atoms with E-state index in [1.165, 1.54) is 18.9 Å². The van der Waals surface area contributed by atoms with Crippen molar-refractivity contribution >= 4 is 23.6 Å². The molecule has 0 radical (unpaired) electrons. The first-order valence-electron chi connectivity index (χ1n) is 10.9. The molecule has 0 aromatic heterocycles. The Morgan fingerprint density at radius 2 is 1.85 bits per heavy atom. The van der Waals surface area contributed by atoms with Crippen molar-refractivity contribution in [3.8, 4) is 11.8 Å². The van der Waals surface area contributed by atoms with Crippen LogP contribution in [0, 0.1) is 11.3 Å². The molecule has 1 atom stereocenters. The lowest BCUT2D eigenvalue weighted by molar-refractivity contribution is -0.136. The number of hydrogen-bond donors (Lipinski definition) is 2. The zero-order chi connectivity index (χ0) is 24.5. The Labute approximate surface area is 203 Å². The Balaban J connectivity index is 1.89. The van der Waals surface area contributed by atoms with Crippen molar-refractivity contribution in [2.75, 3.05) is 19.5 Å². The van der Waals surface area contributed by atoms with Gasteiger partial charge >= 0.3 is 5.97 Å². The van der Waals surface area contributed by atoms with Gasteiger partial charge in [0.25, 0.3) is 0 Å². The lowest BCUT2D eigenvalue weighted by Gasteiger charge is -2.30. The first-order chi connectivity index (χ1) is 16.5. The van der Waals surface area contributed by atoms with E-state index in [9.17, 15) is 14.9 Å². The van der Waals surface area contributed by atoms with Crippen molar-refractivity contribution < 1.29 is 19.1 Å². The van der Waals surface area contributed by atoms with Gasteiger partial charge in [-0.2, -0.15) is 5.26 Å². The number of methoxy groups -OCH3 is 1. The average molecular weight is 478 g/mol. The highest BCUT2D eigenvalue weighted by molar-refractivity contribution is 8.03. The molecule has 1 amide bonds. The van der Waals surface area contributed by atoms with Crippen LogP contribution in [0.5, 0.6) is 5.75 Å². The summed E-state index contributed by atoms with van der Waals surface area (Å²) in [6.07, 6.45) is 0. The van der Waals surface area contributed by atoms with Crippen molar-refractivity contribution in [3.63, 3.8) is 0 Å². The molecule has 1 heterocycles. The van der Waals surface area contributed by atoms with Gasteiger partial charge in [-0.25, -0.2) is 4.79 Å². The lowest BCUT2D eigenvalue weighted by Crippen LogP contribution is -2.30. The third-order valence-corrected chi connectivity index (χ3v) is 6.28. The number of carbonyl (C=O) groups is 2. The highest BCUT2D eigenvalue weighted by Gasteiger charge is 2.36. The average Bonchev–Trinajstić information content (AvgIpc) is 2.86. The minimum absolute atomic E-state index is 0.112. The summed E-state index contributed by atoms with van der Waals surface area (Å²) >= 11 is 1.22. The van der Waals surface area contributed by atoms with E-state index in [2.05, 4.69) is 16.7 Å². The number of para-hydroxylation sites is 1. The van der Waals surface area contributed by atoms with E-state index in [1.807, 2.05) is 61.5 Å². The minimum atomic E-state index is -0.684. The van der Waals surface area contributed by atoms with Crippen molar-refractivity contribution in [3.05, 3.63) is 87.6 Å². The maximum absolute atomic E-state index is 12.7. The first kappa shape index (κ1) is 24.9. The van der Waals surface area contributed by atoms with Gasteiger partial charge in [0.1, 0.15) is 5.75 Å². The number of dihydropyridines is 1. The van der Waals surface area contributed by atoms with Gasteiger partial charge in [-0.05, 0) is 25.5 Å². The highest BCUT2D eigenvalue weighted by atomic mass is 32.2. The second-order valence-electron chi connectivity index (χ2n) is 7.46. The molecule has 3 rings (SSSR count). The van der Waals surface area contributed by atoms with E-state index in [0.29, 0.717) is 46.3 Å². The Bertz CT molecular complexity index is 1150. The second kappa shape index (κ2) is 12.0. The summed E-state index contributed by atoms with van der Waals surface area (Å²) in [5.74, 6) is -0.674. The summed E-state index contributed by atoms with van der Waals surface area (Å²) in [5, 5.41) is 16.7. The summed E-state index contributed by atoms with van der Waals surface area (Å²) in [6, 6.07) is 19.2. The molecule has 7 nitrogen and oxygen atoms in total. The Morgan fingerprint density at radius 3 is 2.53 bits per heavy atom. The van der Waals surface area contributed by atoms with E-state index < -0.39 is 11.9 Å². The molecule has 2 aromatic rings. The van der Waals surface area contributed by atoms with Crippen LogP contribution < -0.4 is 15.4 Å². The number of ether oxygens (including phenoxy) is 2. The van der Waals surface area contributed by atoms with Gasteiger partial charge in [-0.15, -0.1) is 0 Å². The first-order valence-corrected chi connectivity index (χ1v) is 11.8. The van der Waals surface area contributed by atoms with Crippen LogP contribution in [0.1, 0.15) is 30.9 Å². The Morgan fingerprint density at radius 1 is 1.15 bits per heavy atom. The van der Waals surface area contributed by atoms with Gasteiger partial charge in [0.05, 0.1) is 47.6 Å². The largest absolute Gasteiger partial charge is 0.494 e. The van der Waals surface area contributed by atoms with Gasteiger partial charge in [-0.1, -0.05) is 60.3 Å². The van der Waals surface area contributed by atoms with Crippen LogP contribution in [-0.2, 0) is 20.9 Å². The molecule has 34 heavy (non-hydrogen) atoms. The van der Waals surface area contributed by atoms with E-state index in [1.54, 1.807) is 6.92 Å². The van der Waals surface area contributed by atoms with Crippen LogP contribution in [0.15, 0.2) is 76.5 Å². The van der Waals surface area contributed by atoms with Crippen LogP contribution in [0.4, 0.5) is 0 Å². The standard InChI is InChI=1S/C26H27N3O4S/c1-4-33-21-13-9-8-12-19(21)24-20(14-27)25(29-17(2)23(24)26(31)32-3)34-16-22(30)28-15-18-10-6-5-7-11-18/h5-13,24,29H,4,15-16H2,1-3H3,(H,28,30). The molecule has 0 bridgehead atoms. The minimum Gasteiger partial charge on any atom is -0.494 e. The molecule has 0 saturated heterocycles. The molecular formula is C26H27N3O4S. The van der Waals surface area contributed by atoms with Gasteiger partial charge in [-0.3, -0.25) is 4.79 Å². The normalized spacial score (nSPS) is 15.3. The fourth-order valence-electron chi connectivity index (χ4n) is 3.71. The second-order valence-corrected chi connectivity index (χ2v) is 8.45. The predicted molar refractivity (Wildman–Crippen MR) is 132 cm³/mol. The number of thioether (sulfide) groups is 1. The van der Waals surface area contributed by atoms with Gasteiger partial charge in [0.15, 0.2) is 0 Å². The number of rotatable bonds is 9. The molecule has 0 fully saturated rings. The monoisotopic (exact) mass is 477 g/mol. The number of hydrogen-bond acceptors (Lipinski definition) is 7. The van der Waals surface area contributed by atoms with Gasteiger partial charge < -0.3 is 20.1 Å². The maximum Gasteiger partial charge on any atom is 0.336 e. The fourth-order valence-corrected chi connectivity index (χ4v) is 4.63. The molecule has 0 spiro atoms. The number of carbonyl (C=O) groups excluding carboxylic acids is 2. The van der Waals surface area contributed by atoms with E-state index >= 15 is 0 Å². The molecule has 2 N–H and O–H groups in total. The van der Waals surface area contributed by atoms with E-state index in [-0.39, 0.29) is 11.7 Å². The fraction of sp³-hybridized carbons (Fsp3) is 0.269. The lowest BCUT2D eigenvalue weighted by atomic mass is 9.82. The summed E-state index contributed by atoms with van der Waals surface area (Å²) in [6.45, 7) is 4.49. The zero-order valence-electron chi connectivity index (χ0n) is 19.4. The highest BCUT2D eigenvalue weighted by Crippen LogP contribution is 2.43. The molecule has 176 valence electrons. The van der Waals surface area contributed by atoms with Crippen LogP contribution in [0.2, 0.25) is 0 Å². The van der Waals surface area contributed by atoms with Gasteiger partial charge in [0, 0.05) is 17.8 Å². The van der Waals surface area contributed by atoms with Gasteiger partial charge in [0.2, 0.25) is 5.91 Å². The molecule has 8 heteroatoms. The number of nitrogens with zero attached hydrogens (tertiary/aromatic N) is 1. The number of amides is 1. The van der Waals surface area contributed by atoms with Crippen LogP contribution >= 0.6 is 11.8 Å². The molecule has 2 aromatic carbocycles. The molecule has 0 saturated carbocycles. The van der Waals surface area contributed by atoms with E-state index in [4.69, 9.17) is 9.47 Å². The van der Waals surface area contributed by atoms with Crippen LogP contribution in [0.3, 0.4) is 0 Å². The molecule has 1 unspecified atom stereocenters. The summed E-state index contributed by atoms with van der Waals surface area (Å²) < 4.78 is 10.8. The quantitative estimate of drug-likeness (QED) is 0.527. The van der Waals surface area contributed by atoms with Crippen molar-refractivity contribution in [1.29, 1.82) is 5.26 Å². The number of nitrogens with one attached hydrogen (secondary N) is 2. The summed E-state index contributed by atoms with van der Waals surface area (Å²) in [7, 11) is 1.31. The summed E-state index contributed by atoms with van der Waals surface area (Å²) in [5.41, 5.74) is 2.92. The molecular weight excluding hydrogens is 450 g/mol. The van der Waals surface area contributed by atoms with Crippen molar-refractivity contribution in [1.82, 2.24) is 10.6 Å². The Hall–Kier alpha value is -3.70. The molecule has 1 aliphatic heterocycles. The predicted octanol–water partition coefficient (Wildman–Crippen LogP) is 4.00. The number of nitriles is 1. The summed E-state index contributed by atoms with van der Waals surface area (Å²) in [4.78, 5) is 25.2. The van der Waals surface area contributed by atoms with Crippen LogP contribution in [-0.4, -0.2) is 31.3 Å². The molecule has 1 aliphatic rings. The van der Waals surface area contributed by atoms with E-state index in [0.717, 1.165) is 5.56 Å². The zero-order valence-corrected chi connectivity index (χ0v) is 20.2.